The van der Waals surface area contributed by atoms with Gasteiger partial charge in [0.25, 0.3) is 11.6 Å². The summed E-state index contributed by atoms with van der Waals surface area (Å²) in [5.74, 6) is -1.50. The number of hydrogen-bond acceptors (Lipinski definition) is 5. The highest BCUT2D eigenvalue weighted by Gasteiger charge is 2.23. The zero-order chi connectivity index (χ0) is 15.6. The van der Waals surface area contributed by atoms with E-state index in [0.29, 0.717) is 11.8 Å². The van der Waals surface area contributed by atoms with E-state index >= 15 is 0 Å². The summed E-state index contributed by atoms with van der Waals surface area (Å²) in [6, 6.07) is 6.48. The minimum atomic E-state index is -0.952. The lowest BCUT2D eigenvalue weighted by Gasteiger charge is -2.07. The molecule has 1 amide bonds. The first-order valence-electron chi connectivity index (χ1n) is 5.87. The fraction of sp³-hybridized carbons (Fsp3) is 0.0769. The molecule has 0 aliphatic heterocycles. The van der Waals surface area contributed by atoms with Crippen molar-refractivity contribution in [1.82, 2.24) is 4.98 Å². The number of nitrogens with one attached hydrogen (secondary N) is 1. The van der Waals surface area contributed by atoms with Crippen molar-refractivity contribution in [3.05, 3.63) is 57.5 Å². The third-order valence-corrected chi connectivity index (χ3v) is 2.69. The molecule has 8 heteroatoms. The Morgan fingerprint density at radius 1 is 1.43 bits per heavy atom. The van der Waals surface area contributed by atoms with Gasteiger partial charge in [-0.3, -0.25) is 14.9 Å². The topological polar surface area (TPSA) is 111 Å². The minimum Gasteiger partial charge on any atom is -0.396 e. The molecule has 3 N–H and O–H groups in total. The minimum absolute atomic E-state index is 0.234. The number of nitrogen functional groups attached to an aromatic ring is 1. The molecule has 0 radical (unpaired) electrons. The molecule has 1 heterocycles. The van der Waals surface area contributed by atoms with Crippen molar-refractivity contribution in [3.8, 4) is 0 Å². The number of benzene rings is 1. The Balaban J connectivity index is 2.39. The van der Waals surface area contributed by atoms with Crippen molar-refractivity contribution < 1.29 is 14.1 Å². The molecule has 0 aliphatic carbocycles. The lowest BCUT2D eigenvalue weighted by atomic mass is 10.1. The van der Waals surface area contributed by atoms with Gasteiger partial charge in [0.05, 0.1) is 16.7 Å². The predicted octanol–water partition coefficient (Wildman–Crippen LogP) is 2.27. The summed E-state index contributed by atoms with van der Waals surface area (Å²) in [5.41, 5.74) is 4.68. The molecule has 0 fully saturated rings. The Kier molecular flexibility index (Phi) is 3.79. The lowest BCUT2D eigenvalue weighted by Crippen LogP contribution is -2.16. The summed E-state index contributed by atoms with van der Waals surface area (Å²) in [6.07, 6.45) is 0. The van der Waals surface area contributed by atoms with E-state index in [1.54, 1.807) is 19.1 Å². The van der Waals surface area contributed by atoms with Gasteiger partial charge in [0, 0.05) is 5.69 Å². The molecule has 0 aliphatic rings. The largest absolute Gasteiger partial charge is 0.396 e. The van der Waals surface area contributed by atoms with Crippen molar-refractivity contribution in [2.75, 3.05) is 11.1 Å². The van der Waals surface area contributed by atoms with Gasteiger partial charge >= 0.3 is 0 Å². The zero-order valence-corrected chi connectivity index (χ0v) is 11.0. The molecule has 2 rings (SSSR count). The van der Waals surface area contributed by atoms with Crippen molar-refractivity contribution >= 4 is 23.1 Å². The number of pyridine rings is 1. The summed E-state index contributed by atoms with van der Waals surface area (Å²) in [6.45, 7) is 1.73. The number of nitro groups is 1. The van der Waals surface area contributed by atoms with Crippen LogP contribution in [-0.4, -0.2) is 15.8 Å². The van der Waals surface area contributed by atoms with Crippen LogP contribution in [0.25, 0.3) is 0 Å². The number of carbonyl (C=O) groups is 1. The van der Waals surface area contributed by atoms with Crippen LogP contribution in [0, 0.1) is 22.9 Å². The smallest absolute Gasteiger partial charge is 0.285 e. The van der Waals surface area contributed by atoms with Crippen molar-refractivity contribution in [3.63, 3.8) is 0 Å². The number of nitrogens with two attached hydrogens (primary N) is 1. The van der Waals surface area contributed by atoms with E-state index in [0.717, 1.165) is 6.07 Å². The monoisotopic (exact) mass is 290 g/mol. The van der Waals surface area contributed by atoms with Crippen LogP contribution in [0.5, 0.6) is 0 Å². The summed E-state index contributed by atoms with van der Waals surface area (Å²) in [7, 11) is 0. The number of nitrogens with zero attached hydrogens (tertiary/aromatic N) is 2. The number of nitro benzene ring substituents is 1. The summed E-state index contributed by atoms with van der Waals surface area (Å²) in [5, 5.41) is 13.3. The van der Waals surface area contributed by atoms with E-state index in [9.17, 15) is 19.3 Å². The zero-order valence-electron chi connectivity index (χ0n) is 11.0. The number of carbonyl (C=O) groups excluding carboxylic acids is 1. The van der Waals surface area contributed by atoms with E-state index in [1.807, 2.05) is 0 Å². The molecular weight excluding hydrogens is 279 g/mol. The fourth-order valence-electron chi connectivity index (χ4n) is 1.71. The average molecular weight is 290 g/mol. The highest BCUT2D eigenvalue weighted by atomic mass is 19.1. The van der Waals surface area contributed by atoms with Crippen LogP contribution in [0.3, 0.4) is 0 Å². The molecule has 0 saturated heterocycles. The van der Waals surface area contributed by atoms with Crippen LogP contribution in [0.1, 0.15) is 16.1 Å². The molecule has 0 spiro atoms. The summed E-state index contributed by atoms with van der Waals surface area (Å²) < 4.78 is 13.3. The molecule has 108 valence electrons. The molecule has 0 unspecified atom stereocenters. The highest BCUT2D eigenvalue weighted by molar-refractivity contribution is 6.07. The quantitative estimate of drug-likeness (QED) is 0.511. The number of halogens is 1. The second kappa shape index (κ2) is 5.53. The number of hydrogen-bond donors (Lipinski definition) is 2. The number of aryl methyl sites for hydroxylation is 1. The van der Waals surface area contributed by atoms with E-state index in [4.69, 9.17) is 5.73 Å². The number of anilines is 2. The Hall–Kier alpha value is -3.03. The van der Waals surface area contributed by atoms with Gasteiger partial charge in [-0.1, -0.05) is 6.07 Å². The third kappa shape index (κ3) is 3.11. The van der Waals surface area contributed by atoms with E-state index in [1.165, 1.54) is 6.07 Å². The second-order valence-electron chi connectivity index (χ2n) is 4.27. The maximum Gasteiger partial charge on any atom is 0.285 e. The van der Waals surface area contributed by atoms with E-state index in [-0.39, 0.29) is 17.1 Å². The van der Waals surface area contributed by atoms with Crippen LogP contribution in [0.2, 0.25) is 0 Å². The van der Waals surface area contributed by atoms with Gasteiger partial charge in [0.1, 0.15) is 11.4 Å². The molecule has 0 atom stereocenters. The Bertz CT molecular complexity index is 733. The Morgan fingerprint density at radius 3 is 2.76 bits per heavy atom. The van der Waals surface area contributed by atoms with Crippen molar-refractivity contribution in [1.29, 1.82) is 0 Å². The molecule has 21 heavy (non-hydrogen) atoms. The van der Waals surface area contributed by atoms with Gasteiger partial charge in [-0.15, -0.1) is 0 Å². The number of rotatable bonds is 3. The van der Waals surface area contributed by atoms with Gasteiger partial charge in [0.2, 0.25) is 0 Å². The first-order chi connectivity index (χ1) is 9.88. The van der Waals surface area contributed by atoms with Crippen LogP contribution in [-0.2, 0) is 0 Å². The van der Waals surface area contributed by atoms with E-state index < -0.39 is 22.3 Å². The molecule has 2 aromatic rings. The second-order valence-corrected chi connectivity index (χ2v) is 4.27. The lowest BCUT2D eigenvalue weighted by molar-refractivity contribution is -0.385. The summed E-state index contributed by atoms with van der Waals surface area (Å²) >= 11 is 0. The normalized spacial score (nSPS) is 10.2. The summed E-state index contributed by atoms with van der Waals surface area (Å²) in [4.78, 5) is 26.2. The molecule has 7 nitrogen and oxygen atoms in total. The predicted molar refractivity (Wildman–Crippen MR) is 74.4 cm³/mol. The van der Waals surface area contributed by atoms with Crippen LogP contribution in [0.15, 0.2) is 30.3 Å². The van der Waals surface area contributed by atoms with E-state index in [2.05, 4.69) is 10.3 Å². The standard InChI is InChI=1S/C13H11FN4O3/c1-7-3-2-4-12(16-7)17-13(19)8-5-10(15)9(14)6-11(8)18(20)21/h2-6H,15H2,1H3,(H,16,17,19). The first kappa shape index (κ1) is 14.4. The average Bonchev–Trinajstić information content (AvgIpc) is 2.41. The van der Waals surface area contributed by atoms with Crippen molar-refractivity contribution in [2.45, 2.75) is 6.92 Å². The third-order valence-electron chi connectivity index (χ3n) is 2.69. The molecule has 1 aromatic carbocycles. The molecular formula is C13H11FN4O3. The number of aromatic nitrogens is 1. The molecule has 0 saturated carbocycles. The van der Waals surface area contributed by atoms with Gasteiger partial charge in [-0.25, -0.2) is 9.37 Å². The van der Waals surface area contributed by atoms with Crippen molar-refractivity contribution in [2.24, 2.45) is 0 Å². The van der Waals surface area contributed by atoms with Crippen LogP contribution in [0.4, 0.5) is 21.6 Å². The Morgan fingerprint density at radius 2 is 2.14 bits per heavy atom. The maximum absolute atomic E-state index is 13.3. The van der Waals surface area contributed by atoms with Gasteiger partial charge < -0.3 is 11.1 Å². The van der Waals surface area contributed by atoms with Gasteiger partial charge in [-0.2, -0.15) is 0 Å². The maximum atomic E-state index is 13.3. The fourth-order valence-corrected chi connectivity index (χ4v) is 1.71. The van der Waals surface area contributed by atoms with Gasteiger partial charge in [-0.05, 0) is 25.1 Å². The number of amides is 1. The first-order valence-corrected chi connectivity index (χ1v) is 5.87. The molecule has 0 bridgehead atoms. The Labute approximate surface area is 118 Å². The SMILES string of the molecule is Cc1cccc(NC(=O)c2cc(N)c(F)cc2[N+](=O)[O-])n1. The molecule has 1 aromatic heterocycles. The van der Waals surface area contributed by atoms with Crippen LogP contribution < -0.4 is 11.1 Å². The highest BCUT2D eigenvalue weighted by Crippen LogP contribution is 2.25. The van der Waals surface area contributed by atoms with Crippen LogP contribution >= 0.6 is 0 Å². The van der Waals surface area contributed by atoms with Gasteiger partial charge in [0.15, 0.2) is 5.82 Å².